The summed E-state index contributed by atoms with van der Waals surface area (Å²) >= 11 is 0. The molecule has 0 rings (SSSR count). The maximum atomic E-state index is 11.4. The van der Waals surface area contributed by atoms with E-state index in [1.54, 1.807) is 0 Å². The minimum absolute atomic E-state index is 0.260. The molecule has 18 heavy (non-hydrogen) atoms. The van der Waals surface area contributed by atoms with Crippen LogP contribution in [0.25, 0.3) is 0 Å². The van der Waals surface area contributed by atoms with Crippen LogP contribution < -0.4 is 11.1 Å². The number of nitrogens with zero attached hydrogens (tertiary/aromatic N) is 1. The number of likely N-dealkylation sites (N-methyl/N-ethyl adjacent to an activating group) is 2. The second-order valence-corrected chi connectivity index (χ2v) is 5.20. The summed E-state index contributed by atoms with van der Waals surface area (Å²) in [7, 11) is 2.02. The molecule has 0 heterocycles. The lowest BCUT2D eigenvalue weighted by molar-refractivity contribution is -0.124. The molecule has 0 spiro atoms. The largest absolute Gasteiger partial charge is 0.377 e. The summed E-state index contributed by atoms with van der Waals surface area (Å²) in [6.07, 6.45) is 0.963. The molecular formula is C13H29N3O2. The van der Waals surface area contributed by atoms with Crippen LogP contribution in [0.3, 0.4) is 0 Å². The summed E-state index contributed by atoms with van der Waals surface area (Å²) < 4.78 is 5.49. The Balaban J connectivity index is 4.00. The van der Waals surface area contributed by atoms with E-state index in [0.717, 1.165) is 19.6 Å². The normalized spacial score (nSPS) is 15.1. The van der Waals surface area contributed by atoms with E-state index < -0.39 is 5.54 Å². The molecule has 0 saturated heterocycles. The molecule has 0 bridgehead atoms. The predicted octanol–water partition coefficient (Wildman–Crippen LogP) is 0.587. The van der Waals surface area contributed by atoms with E-state index in [-0.39, 0.29) is 12.0 Å². The molecular weight excluding hydrogens is 230 g/mol. The average molecular weight is 259 g/mol. The van der Waals surface area contributed by atoms with Crippen molar-refractivity contribution in [3.05, 3.63) is 0 Å². The van der Waals surface area contributed by atoms with Gasteiger partial charge in [0.1, 0.15) is 0 Å². The van der Waals surface area contributed by atoms with Crippen molar-refractivity contribution in [2.24, 2.45) is 5.73 Å². The van der Waals surface area contributed by atoms with E-state index in [0.29, 0.717) is 13.0 Å². The SMILES string of the molecule is CCNC(C)(CCN(C)CCOC(C)C)C(N)=O. The fourth-order valence-electron chi connectivity index (χ4n) is 1.66. The fraction of sp³-hybridized carbons (Fsp3) is 0.923. The zero-order chi connectivity index (χ0) is 14.2. The molecule has 0 aromatic rings. The Morgan fingerprint density at radius 1 is 1.44 bits per heavy atom. The van der Waals surface area contributed by atoms with Gasteiger partial charge in [0, 0.05) is 13.1 Å². The summed E-state index contributed by atoms with van der Waals surface area (Å²) in [5.41, 5.74) is 4.82. The third kappa shape index (κ3) is 6.93. The highest BCUT2D eigenvalue weighted by atomic mass is 16.5. The molecule has 0 fully saturated rings. The summed E-state index contributed by atoms with van der Waals surface area (Å²) in [5, 5.41) is 3.16. The topological polar surface area (TPSA) is 67.6 Å². The minimum Gasteiger partial charge on any atom is -0.377 e. The number of nitrogens with two attached hydrogens (primary N) is 1. The van der Waals surface area contributed by atoms with Crippen molar-refractivity contribution in [2.75, 3.05) is 33.3 Å². The molecule has 108 valence electrons. The van der Waals surface area contributed by atoms with Crippen molar-refractivity contribution < 1.29 is 9.53 Å². The zero-order valence-electron chi connectivity index (χ0n) is 12.5. The van der Waals surface area contributed by atoms with Gasteiger partial charge in [-0.1, -0.05) is 6.92 Å². The van der Waals surface area contributed by atoms with Crippen molar-refractivity contribution in [3.63, 3.8) is 0 Å². The number of hydrogen-bond donors (Lipinski definition) is 2. The van der Waals surface area contributed by atoms with Crippen LogP contribution in [0.4, 0.5) is 0 Å². The monoisotopic (exact) mass is 259 g/mol. The Kier molecular flexibility index (Phi) is 8.15. The first-order valence-corrected chi connectivity index (χ1v) is 6.67. The van der Waals surface area contributed by atoms with Crippen LogP contribution in [0.5, 0.6) is 0 Å². The quantitative estimate of drug-likeness (QED) is 0.602. The van der Waals surface area contributed by atoms with Gasteiger partial charge in [-0.25, -0.2) is 0 Å². The summed E-state index contributed by atoms with van der Waals surface area (Å²) in [5.74, 6) is -0.295. The van der Waals surface area contributed by atoms with E-state index >= 15 is 0 Å². The van der Waals surface area contributed by atoms with Gasteiger partial charge in [0.15, 0.2) is 0 Å². The van der Waals surface area contributed by atoms with Crippen LogP contribution in [0, 0.1) is 0 Å². The number of amides is 1. The highest BCUT2D eigenvalue weighted by Crippen LogP contribution is 2.09. The molecule has 5 heteroatoms. The van der Waals surface area contributed by atoms with Gasteiger partial charge in [0.05, 0.1) is 18.2 Å². The number of nitrogens with one attached hydrogen (secondary N) is 1. The van der Waals surface area contributed by atoms with Gasteiger partial charge >= 0.3 is 0 Å². The molecule has 1 unspecified atom stereocenters. The number of carbonyl (C=O) groups excluding carboxylic acids is 1. The highest BCUT2D eigenvalue weighted by Gasteiger charge is 2.29. The Morgan fingerprint density at radius 3 is 2.50 bits per heavy atom. The first kappa shape index (κ1) is 17.4. The second-order valence-electron chi connectivity index (χ2n) is 5.20. The van der Waals surface area contributed by atoms with Gasteiger partial charge < -0.3 is 20.7 Å². The molecule has 1 amide bonds. The lowest BCUT2D eigenvalue weighted by atomic mass is 9.96. The molecule has 0 aliphatic heterocycles. The van der Waals surface area contributed by atoms with Crippen molar-refractivity contribution in [2.45, 2.75) is 45.8 Å². The maximum Gasteiger partial charge on any atom is 0.237 e. The van der Waals surface area contributed by atoms with Gasteiger partial charge in [-0.2, -0.15) is 0 Å². The first-order valence-electron chi connectivity index (χ1n) is 6.67. The van der Waals surface area contributed by atoms with E-state index in [2.05, 4.69) is 10.2 Å². The summed E-state index contributed by atoms with van der Waals surface area (Å²) in [6.45, 7) is 11.0. The molecule has 0 aromatic carbocycles. The molecule has 3 N–H and O–H groups in total. The van der Waals surface area contributed by atoms with Gasteiger partial charge in [0.2, 0.25) is 5.91 Å². The molecule has 0 aliphatic carbocycles. The van der Waals surface area contributed by atoms with Crippen molar-refractivity contribution in [3.8, 4) is 0 Å². The number of primary amides is 1. The smallest absolute Gasteiger partial charge is 0.237 e. The standard InChI is InChI=1S/C13H29N3O2/c1-6-15-13(4,12(14)17)7-8-16(5)9-10-18-11(2)3/h11,15H,6-10H2,1-5H3,(H2,14,17). The van der Waals surface area contributed by atoms with Gasteiger partial charge in [-0.3, -0.25) is 4.79 Å². The molecule has 0 aliphatic rings. The number of hydrogen-bond acceptors (Lipinski definition) is 4. The first-order chi connectivity index (χ1) is 8.31. The van der Waals surface area contributed by atoms with Crippen molar-refractivity contribution >= 4 is 5.91 Å². The van der Waals surface area contributed by atoms with Crippen molar-refractivity contribution in [1.82, 2.24) is 10.2 Å². The van der Waals surface area contributed by atoms with Crippen LogP contribution in [0.1, 0.15) is 34.1 Å². The summed E-state index contributed by atoms with van der Waals surface area (Å²) in [4.78, 5) is 13.6. The third-order valence-electron chi connectivity index (χ3n) is 3.03. The van der Waals surface area contributed by atoms with Gasteiger partial charge in [-0.15, -0.1) is 0 Å². The fourth-order valence-corrected chi connectivity index (χ4v) is 1.66. The number of carbonyl (C=O) groups is 1. The van der Waals surface area contributed by atoms with Crippen LogP contribution in [-0.4, -0.2) is 55.7 Å². The zero-order valence-corrected chi connectivity index (χ0v) is 12.5. The molecule has 5 nitrogen and oxygen atoms in total. The number of ether oxygens (including phenoxy) is 1. The van der Waals surface area contributed by atoms with E-state index in [4.69, 9.17) is 10.5 Å². The Bertz CT molecular complexity index is 246. The molecule has 1 atom stereocenters. The van der Waals surface area contributed by atoms with Crippen LogP contribution in [-0.2, 0) is 9.53 Å². The minimum atomic E-state index is -0.623. The van der Waals surface area contributed by atoms with Crippen LogP contribution in [0.15, 0.2) is 0 Å². The third-order valence-corrected chi connectivity index (χ3v) is 3.03. The average Bonchev–Trinajstić information content (AvgIpc) is 2.26. The van der Waals surface area contributed by atoms with Crippen LogP contribution >= 0.6 is 0 Å². The lowest BCUT2D eigenvalue weighted by Gasteiger charge is -2.29. The number of rotatable bonds is 10. The Labute approximate surface area is 111 Å². The van der Waals surface area contributed by atoms with Crippen LogP contribution in [0.2, 0.25) is 0 Å². The molecule has 0 saturated carbocycles. The lowest BCUT2D eigenvalue weighted by Crippen LogP contribution is -2.54. The molecule has 0 radical (unpaired) electrons. The predicted molar refractivity (Wildman–Crippen MR) is 74.5 cm³/mol. The second kappa shape index (κ2) is 8.45. The van der Waals surface area contributed by atoms with E-state index in [1.807, 2.05) is 34.7 Å². The highest BCUT2D eigenvalue weighted by molar-refractivity contribution is 5.84. The van der Waals surface area contributed by atoms with Gasteiger partial charge in [-0.05, 0) is 40.8 Å². The molecule has 0 aromatic heterocycles. The Hall–Kier alpha value is -0.650. The van der Waals surface area contributed by atoms with E-state index in [9.17, 15) is 4.79 Å². The van der Waals surface area contributed by atoms with Gasteiger partial charge in [0.25, 0.3) is 0 Å². The maximum absolute atomic E-state index is 11.4. The summed E-state index contributed by atoms with van der Waals surface area (Å²) in [6, 6.07) is 0. The van der Waals surface area contributed by atoms with E-state index in [1.165, 1.54) is 0 Å². The Morgan fingerprint density at radius 2 is 2.06 bits per heavy atom. The van der Waals surface area contributed by atoms with Crippen molar-refractivity contribution in [1.29, 1.82) is 0 Å².